The zero-order valence-electron chi connectivity index (χ0n) is 9.36. The minimum absolute atomic E-state index is 0.195. The number of carbonyl (C=O) groups excluding carboxylic acids is 1. The van der Waals surface area contributed by atoms with Crippen LogP contribution in [0.2, 0.25) is 10.2 Å². The van der Waals surface area contributed by atoms with E-state index < -0.39 is 0 Å². The summed E-state index contributed by atoms with van der Waals surface area (Å²) < 4.78 is 0. The number of halogens is 2. The number of nitrogens with one attached hydrogen (secondary N) is 1. The molecule has 0 aliphatic rings. The zero-order valence-corrected chi connectivity index (χ0v) is 10.9. The maximum atomic E-state index is 11.8. The van der Waals surface area contributed by atoms with Gasteiger partial charge in [-0.25, -0.2) is 4.98 Å². The molecule has 2 aromatic rings. The maximum absolute atomic E-state index is 11.8. The van der Waals surface area contributed by atoms with Crippen molar-refractivity contribution >= 4 is 29.1 Å². The van der Waals surface area contributed by atoms with Crippen LogP contribution >= 0.6 is 23.2 Å². The molecule has 0 spiro atoms. The molecular formula is C13H10Cl2N2O. The van der Waals surface area contributed by atoms with Crippen LogP contribution in [0.1, 0.15) is 15.9 Å². The Morgan fingerprint density at radius 1 is 1.22 bits per heavy atom. The van der Waals surface area contributed by atoms with Gasteiger partial charge in [-0.3, -0.25) is 4.79 Å². The average molecular weight is 281 g/mol. The van der Waals surface area contributed by atoms with Gasteiger partial charge in [0, 0.05) is 17.8 Å². The smallest absolute Gasteiger partial charge is 0.253 e. The van der Waals surface area contributed by atoms with Gasteiger partial charge in [0.05, 0.1) is 5.56 Å². The summed E-state index contributed by atoms with van der Waals surface area (Å²) in [6.07, 6.45) is 1.44. The number of nitrogens with zero attached hydrogens (tertiary/aromatic N) is 1. The molecule has 2 rings (SSSR count). The van der Waals surface area contributed by atoms with E-state index in [1.54, 1.807) is 18.2 Å². The van der Waals surface area contributed by atoms with E-state index in [1.165, 1.54) is 6.20 Å². The fourth-order valence-electron chi connectivity index (χ4n) is 1.44. The summed E-state index contributed by atoms with van der Waals surface area (Å²) in [5.41, 5.74) is 1.42. The third kappa shape index (κ3) is 3.45. The Morgan fingerprint density at radius 3 is 2.72 bits per heavy atom. The van der Waals surface area contributed by atoms with E-state index in [1.807, 2.05) is 18.2 Å². The Bertz CT molecular complexity index is 555. The number of benzene rings is 1. The Morgan fingerprint density at radius 2 is 2.06 bits per heavy atom. The van der Waals surface area contributed by atoms with E-state index in [-0.39, 0.29) is 5.91 Å². The molecule has 0 unspecified atom stereocenters. The Balaban J connectivity index is 1.98. The number of pyridine rings is 1. The quantitative estimate of drug-likeness (QED) is 0.877. The molecule has 0 fully saturated rings. The topological polar surface area (TPSA) is 42.0 Å². The van der Waals surface area contributed by atoms with Crippen molar-refractivity contribution in [2.45, 2.75) is 6.54 Å². The molecule has 5 heteroatoms. The molecule has 1 aromatic carbocycles. The second-order valence-electron chi connectivity index (χ2n) is 3.68. The number of aromatic nitrogens is 1. The van der Waals surface area contributed by atoms with E-state index >= 15 is 0 Å². The molecule has 0 saturated carbocycles. The van der Waals surface area contributed by atoms with Crippen molar-refractivity contribution in [1.29, 1.82) is 0 Å². The summed E-state index contributed by atoms with van der Waals surface area (Å²) in [6, 6.07) is 10.5. The minimum Gasteiger partial charge on any atom is -0.348 e. The van der Waals surface area contributed by atoms with Crippen molar-refractivity contribution in [3.05, 3.63) is 63.9 Å². The molecule has 3 nitrogen and oxygen atoms in total. The predicted molar refractivity (Wildman–Crippen MR) is 71.9 cm³/mol. The van der Waals surface area contributed by atoms with E-state index in [9.17, 15) is 4.79 Å². The van der Waals surface area contributed by atoms with Crippen LogP contribution in [0.25, 0.3) is 0 Å². The molecule has 1 amide bonds. The molecule has 0 radical (unpaired) electrons. The molecule has 92 valence electrons. The fraction of sp³-hybridized carbons (Fsp3) is 0.0769. The first-order valence-corrected chi connectivity index (χ1v) is 6.05. The lowest BCUT2D eigenvalue weighted by Gasteiger charge is -2.05. The molecule has 0 bridgehead atoms. The molecule has 0 aliphatic carbocycles. The van der Waals surface area contributed by atoms with Gasteiger partial charge in [0.2, 0.25) is 0 Å². The largest absolute Gasteiger partial charge is 0.348 e. The minimum atomic E-state index is -0.195. The number of hydrogen-bond acceptors (Lipinski definition) is 2. The first-order valence-electron chi connectivity index (χ1n) is 5.29. The van der Waals surface area contributed by atoms with Crippen molar-refractivity contribution in [3.8, 4) is 0 Å². The van der Waals surface area contributed by atoms with E-state index in [0.29, 0.717) is 22.3 Å². The summed E-state index contributed by atoms with van der Waals surface area (Å²) in [7, 11) is 0. The lowest BCUT2D eigenvalue weighted by atomic mass is 10.2. The highest BCUT2D eigenvalue weighted by atomic mass is 35.5. The molecule has 0 atom stereocenters. The fourth-order valence-corrected chi connectivity index (χ4v) is 1.77. The normalized spacial score (nSPS) is 10.1. The van der Waals surface area contributed by atoms with Gasteiger partial charge < -0.3 is 5.32 Å². The number of rotatable bonds is 3. The highest BCUT2D eigenvalue weighted by Gasteiger charge is 2.05. The van der Waals surface area contributed by atoms with Gasteiger partial charge in [-0.15, -0.1) is 0 Å². The van der Waals surface area contributed by atoms with E-state index in [0.717, 1.165) is 5.56 Å². The first kappa shape index (κ1) is 12.9. The number of amides is 1. The van der Waals surface area contributed by atoms with Crippen molar-refractivity contribution in [3.63, 3.8) is 0 Å². The summed E-state index contributed by atoms with van der Waals surface area (Å²) >= 11 is 11.5. The Kier molecular flexibility index (Phi) is 4.18. The first-order chi connectivity index (χ1) is 8.65. The average Bonchev–Trinajstić information content (AvgIpc) is 2.37. The van der Waals surface area contributed by atoms with Gasteiger partial charge in [-0.2, -0.15) is 0 Å². The molecule has 0 saturated heterocycles. The van der Waals surface area contributed by atoms with Gasteiger partial charge in [0.1, 0.15) is 5.15 Å². The molecule has 1 heterocycles. The van der Waals surface area contributed by atoms with Crippen molar-refractivity contribution in [1.82, 2.24) is 10.3 Å². The number of hydrogen-bond donors (Lipinski definition) is 1. The van der Waals surface area contributed by atoms with Gasteiger partial charge in [0.15, 0.2) is 0 Å². The summed E-state index contributed by atoms with van der Waals surface area (Å²) in [5, 5.41) is 3.79. The number of carbonyl (C=O) groups is 1. The van der Waals surface area contributed by atoms with Crippen LogP contribution in [0.4, 0.5) is 0 Å². The van der Waals surface area contributed by atoms with Gasteiger partial charge in [-0.1, -0.05) is 35.3 Å². The lowest BCUT2D eigenvalue weighted by Crippen LogP contribution is -2.22. The predicted octanol–water partition coefficient (Wildman–Crippen LogP) is 3.32. The van der Waals surface area contributed by atoms with Crippen LogP contribution in [0.5, 0.6) is 0 Å². The van der Waals surface area contributed by atoms with Crippen molar-refractivity contribution in [2.75, 3.05) is 0 Å². The highest BCUT2D eigenvalue weighted by molar-refractivity contribution is 6.30. The van der Waals surface area contributed by atoms with E-state index in [4.69, 9.17) is 23.2 Å². The Labute approximate surface area is 115 Å². The molecule has 1 aromatic heterocycles. The van der Waals surface area contributed by atoms with Gasteiger partial charge in [0.25, 0.3) is 5.91 Å². The van der Waals surface area contributed by atoms with Crippen LogP contribution in [-0.2, 0) is 6.54 Å². The summed E-state index contributed by atoms with van der Waals surface area (Å²) in [4.78, 5) is 15.6. The SMILES string of the molecule is O=C(NCc1cccc(Cl)c1)c1ccc(Cl)nc1. The monoisotopic (exact) mass is 280 g/mol. The van der Waals surface area contributed by atoms with Gasteiger partial charge >= 0.3 is 0 Å². The van der Waals surface area contributed by atoms with E-state index in [2.05, 4.69) is 10.3 Å². The maximum Gasteiger partial charge on any atom is 0.253 e. The second-order valence-corrected chi connectivity index (χ2v) is 4.51. The molecule has 18 heavy (non-hydrogen) atoms. The van der Waals surface area contributed by atoms with Crippen LogP contribution in [0.3, 0.4) is 0 Å². The zero-order chi connectivity index (χ0) is 13.0. The third-order valence-electron chi connectivity index (χ3n) is 2.33. The molecular weight excluding hydrogens is 271 g/mol. The summed E-state index contributed by atoms with van der Waals surface area (Å²) in [5.74, 6) is -0.195. The highest BCUT2D eigenvalue weighted by Crippen LogP contribution is 2.10. The van der Waals surface area contributed by atoms with Crippen LogP contribution in [0, 0.1) is 0 Å². The van der Waals surface area contributed by atoms with Gasteiger partial charge in [-0.05, 0) is 29.8 Å². The lowest BCUT2D eigenvalue weighted by molar-refractivity contribution is 0.0950. The van der Waals surface area contributed by atoms with Crippen molar-refractivity contribution < 1.29 is 4.79 Å². The Hall–Kier alpha value is -1.58. The summed E-state index contributed by atoms with van der Waals surface area (Å²) in [6.45, 7) is 0.419. The van der Waals surface area contributed by atoms with Crippen LogP contribution in [-0.4, -0.2) is 10.9 Å². The molecule has 0 aliphatic heterocycles. The second kappa shape index (κ2) is 5.85. The third-order valence-corrected chi connectivity index (χ3v) is 2.79. The van der Waals surface area contributed by atoms with Crippen molar-refractivity contribution in [2.24, 2.45) is 0 Å². The molecule has 1 N–H and O–H groups in total. The van der Waals surface area contributed by atoms with Crippen LogP contribution < -0.4 is 5.32 Å². The standard InChI is InChI=1S/C13H10Cl2N2O/c14-11-3-1-2-9(6-11)7-17-13(18)10-4-5-12(15)16-8-10/h1-6,8H,7H2,(H,17,18). The van der Waals surface area contributed by atoms with Crippen LogP contribution in [0.15, 0.2) is 42.6 Å².